The van der Waals surface area contributed by atoms with Crippen LogP contribution in [0, 0.1) is 33.1 Å². The molecule has 0 radical (unpaired) electrons. The number of aromatic nitrogens is 2. The number of non-ortho nitro benzene ring substituents is 1. The molecular weight excluding hydrogens is 350 g/mol. The number of carbonyl (C=O) groups excluding carboxylic acids is 1. The van der Waals surface area contributed by atoms with Crippen molar-refractivity contribution < 1.29 is 14.6 Å². The Balaban J connectivity index is 2.33. The fraction of sp³-hybridized carbons (Fsp3) is 0.357. The van der Waals surface area contributed by atoms with Gasteiger partial charge in [0.15, 0.2) is 0 Å². The van der Waals surface area contributed by atoms with Crippen molar-refractivity contribution in [1.29, 1.82) is 0 Å². The molecule has 11 heteroatoms. The summed E-state index contributed by atoms with van der Waals surface area (Å²) in [4.78, 5) is 32.9. The largest absolute Gasteiger partial charge is 0.296 e. The minimum Gasteiger partial charge on any atom is -0.296 e. The summed E-state index contributed by atoms with van der Waals surface area (Å²) in [6.45, 7) is 5.40. The van der Waals surface area contributed by atoms with Crippen LogP contribution in [0.15, 0.2) is 12.1 Å². The van der Waals surface area contributed by atoms with Crippen molar-refractivity contribution in [2.24, 2.45) is 5.92 Å². The maximum Gasteiger partial charge on any atom is 0.279 e. The van der Waals surface area contributed by atoms with E-state index in [2.05, 4.69) is 15.5 Å². The fourth-order valence-electron chi connectivity index (χ4n) is 2.12. The van der Waals surface area contributed by atoms with Gasteiger partial charge in [-0.3, -0.25) is 30.3 Å². The Morgan fingerprint density at radius 1 is 1.24 bits per heavy atom. The first kappa shape index (κ1) is 18.4. The van der Waals surface area contributed by atoms with Crippen molar-refractivity contribution in [3.8, 4) is 0 Å². The minimum absolute atomic E-state index is 0.0417. The molecule has 0 fully saturated rings. The van der Waals surface area contributed by atoms with Gasteiger partial charge in [0.2, 0.25) is 5.13 Å². The third-order valence-corrected chi connectivity index (χ3v) is 4.15. The minimum atomic E-state index is -0.783. The summed E-state index contributed by atoms with van der Waals surface area (Å²) in [5, 5.41) is 33.3. The normalized spacial score (nSPS) is 10.7. The van der Waals surface area contributed by atoms with Gasteiger partial charge in [0.1, 0.15) is 5.01 Å². The van der Waals surface area contributed by atoms with E-state index < -0.39 is 27.1 Å². The average Bonchev–Trinajstić information content (AvgIpc) is 2.92. The molecule has 0 unspecified atom stereocenters. The third-order valence-electron chi connectivity index (χ3n) is 3.29. The van der Waals surface area contributed by atoms with Crippen molar-refractivity contribution >= 4 is 33.8 Å². The first-order valence-electron chi connectivity index (χ1n) is 7.26. The molecule has 1 aromatic heterocycles. The zero-order chi connectivity index (χ0) is 18.7. The van der Waals surface area contributed by atoms with Gasteiger partial charge in [0.25, 0.3) is 17.3 Å². The second-order valence-electron chi connectivity index (χ2n) is 5.70. The van der Waals surface area contributed by atoms with Gasteiger partial charge in [-0.05, 0) is 12.8 Å². The number of carbonyl (C=O) groups is 1. The van der Waals surface area contributed by atoms with Crippen molar-refractivity contribution in [1.82, 2.24) is 10.2 Å². The zero-order valence-corrected chi connectivity index (χ0v) is 14.5. The topological polar surface area (TPSA) is 141 Å². The lowest BCUT2D eigenvalue weighted by molar-refractivity contribution is -0.394. The van der Waals surface area contributed by atoms with Crippen LogP contribution in [0.3, 0.4) is 0 Å². The van der Waals surface area contributed by atoms with Crippen molar-refractivity contribution in [2.75, 3.05) is 5.32 Å². The lowest BCUT2D eigenvalue weighted by Crippen LogP contribution is -2.14. The number of benzene rings is 1. The van der Waals surface area contributed by atoms with Crippen LogP contribution < -0.4 is 5.32 Å². The van der Waals surface area contributed by atoms with Gasteiger partial charge in [-0.2, -0.15) is 0 Å². The maximum atomic E-state index is 12.4. The quantitative estimate of drug-likeness (QED) is 0.612. The molecule has 0 bridgehead atoms. The van der Waals surface area contributed by atoms with E-state index in [1.165, 1.54) is 18.3 Å². The van der Waals surface area contributed by atoms with Gasteiger partial charge in [-0.25, -0.2) is 0 Å². The van der Waals surface area contributed by atoms with Crippen molar-refractivity contribution in [3.05, 3.63) is 48.5 Å². The Morgan fingerprint density at radius 3 is 2.48 bits per heavy atom. The van der Waals surface area contributed by atoms with E-state index >= 15 is 0 Å². The summed E-state index contributed by atoms with van der Waals surface area (Å²) < 4.78 is 0. The Bertz CT molecular complexity index is 848. The number of anilines is 1. The van der Waals surface area contributed by atoms with Crippen LogP contribution in [-0.2, 0) is 6.42 Å². The molecule has 1 N–H and O–H groups in total. The lowest BCUT2D eigenvalue weighted by atomic mass is 10.0. The predicted molar refractivity (Wildman–Crippen MR) is 90.9 cm³/mol. The highest BCUT2D eigenvalue weighted by atomic mass is 32.1. The molecule has 2 aromatic rings. The molecule has 0 aliphatic carbocycles. The van der Waals surface area contributed by atoms with Gasteiger partial charge in [0.05, 0.1) is 21.5 Å². The molecule has 0 aliphatic rings. The molecule has 0 spiro atoms. The molecule has 1 heterocycles. The van der Waals surface area contributed by atoms with E-state index in [-0.39, 0.29) is 16.3 Å². The number of nitro benzene ring substituents is 2. The van der Waals surface area contributed by atoms with Gasteiger partial charge in [0, 0.05) is 18.1 Å². The number of rotatable bonds is 6. The molecule has 0 aliphatic heterocycles. The highest BCUT2D eigenvalue weighted by Gasteiger charge is 2.25. The van der Waals surface area contributed by atoms with Crippen LogP contribution in [0.25, 0.3) is 0 Å². The fourth-order valence-corrected chi connectivity index (χ4v) is 3.06. The van der Waals surface area contributed by atoms with Gasteiger partial charge < -0.3 is 0 Å². The van der Waals surface area contributed by atoms with E-state index in [0.29, 0.717) is 12.3 Å². The highest BCUT2D eigenvalue weighted by Crippen LogP contribution is 2.29. The van der Waals surface area contributed by atoms with Crippen LogP contribution in [-0.4, -0.2) is 26.0 Å². The van der Waals surface area contributed by atoms with Crippen molar-refractivity contribution in [3.63, 3.8) is 0 Å². The molecule has 0 saturated heterocycles. The first-order valence-corrected chi connectivity index (χ1v) is 8.07. The zero-order valence-electron chi connectivity index (χ0n) is 13.7. The standard InChI is InChI=1S/C14H15N5O5S/c1-7(2)4-12-16-17-14(25-12)15-13(20)10-5-9(18(21)22)6-11(8(10)3)19(23)24/h5-7H,4H2,1-3H3,(H,15,17,20). The van der Waals surface area contributed by atoms with Crippen LogP contribution in [0.5, 0.6) is 0 Å². The SMILES string of the molecule is Cc1c(C(=O)Nc2nnc(CC(C)C)s2)cc([N+](=O)[O-])cc1[N+](=O)[O-]. The molecular formula is C14H15N5O5S. The predicted octanol–water partition coefficient (Wildman–Crippen LogP) is 3.11. The van der Waals surface area contributed by atoms with Crippen molar-refractivity contribution in [2.45, 2.75) is 27.2 Å². The number of nitrogens with zero attached hydrogens (tertiary/aromatic N) is 4. The van der Waals surface area contributed by atoms with Gasteiger partial charge in [-0.1, -0.05) is 25.2 Å². The molecule has 1 amide bonds. The Kier molecular flexibility index (Phi) is 5.37. The van der Waals surface area contributed by atoms with E-state index in [1.807, 2.05) is 13.8 Å². The van der Waals surface area contributed by atoms with E-state index in [1.54, 1.807) is 0 Å². The molecule has 0 atom stereocenters. The molecule has 2 rings (SSSR count). The van der Waals surface area contributed by atoms with E-state index in [4.69, 9.17) is 0 Å². The summed E-state index contributed by atoms with van der Waals surface area (Å²) in [6, 6.07) is 1.84. The molecule has 0 saturated carbocycles. The second-order valence-corrected chi connectivity index (χ2v) is 6.77. The Morgan fingerprint density at radius 2 is 1.92 bits per heavy atom. The number of hydrogen-bond acceptors (Lipinski definition) is 8. The van der Waals surface area contributed by atoms with Crippen LogP contribution in [0.4, 0.5) is 16.5 Å². The average molecular weight is 365 g/mol. The summed E-state index contributed by atoms with van der Waals surface area (Å²) in [7, 11) is 0. The Labute approximate surface area is 146 Å². The highest BCUT2D eigenvalue weighted by molar-refractivity contribution is 7.15. The smallest absolute Gasteiger partial charge is 0.279 e. The molecule has 25 heavy (non-hydrogen) atoms. The molecule has 132 valence electrons. The molecule has 10 nitrogen and oxygen atoms in total. The Hall–Kier alpha value is -2.95. The maximum absolute atomic E-state index is 12.4. The number of hydrogen-bond donors (Lipinski definition) is 1. The van der Waals surface area contributed by atoms with Gasteiger partial charge >= 0.3 is 0 Å². The van der Waals surface area contributed by atoms with Crippen LogP contribution >= 0.6 is 11.3 Å². The first-order chi connectivity index (χ1) is 11.7. The van der Waals surface area contributed by atoms with Gasteiger partial charge in [-0.15, -0.1) is 10.2 Å². The number of nitro groups is 2. The monoisotopic (exact) mass is 365 g/mol. The van der Waals surface area contributed by atoms with E-state index in [9.17, 15) is 25.0 Å². The van der Waals surface area contributed by atoms with E-state index in [0.717, 1.165) is 17.1 Å². The van der Waals surface area contributed by atoms with Crippen LogP contribution in [0.1, 0.15) is 34.8 Å². The lowest BCUT2D eigenvalue weighted by Gasteiger charge is -2.06. The number of nitrogens with one attached hydrogen (secondary N) is 1. The summed E-state index contributed by atoms with van der Waals surface area (Å²) in [6.07, 6.45) is 0.703. The third kappa shape index (κ3) is 4.32. The summed E-state index contributed by atoms with van der Waals surface area (Å²) in [5.74, 6) is -0.338. The molecule has 1 aromatic carbocycles. The summed E-state index contributed by atoms with van der Waals surface area (Å²) >= 11 is 1.19. The second kappa shape index (κ2) is 7.30. The van der Waals surface area contributed by atoms with Crippen LogP contribution in [0.2, 0.25) is 0 Å². The summed E-state index contributed by atoms with van der Waals surface area (Å²) in [5.41, 5.74) is -1.13. The number of amides is 1.